The maximum absolute atomic E-state index is 12.7. The van der Waals surface area contributed by atoms with Crippen LogP contribution in [0.25, 0.3) is 0 Å². The van der Waals surface area contributed by atoms with Gasteiger partial charge in [0.05, 0.1) is 0 Å². The molecule has 1 aliphatic heterocycles. The summed E-state index contributed by atoms with van der Waals surface area (Å²) in [6, 6.07) is -0.0615. The van der Waals surface area contributed by atoms with Crippen LogP contribution in [-0.4, -0.2) is 69.5 Å². The Morgan fingerprint density at radius 1 is 1.39 bits per heavy atom. The van der Waals surface area contributed by atoms with Gasteiger partial charge in [0.15, 0.2) is 17.4 Å². The first-order chi connectivity index (χ1) is 13.5. The van der Waals surface area contributed by atoms with Crippen LogP contribution < -0.4 is 0 Å². The lowest BCUT2D eigenvalue weighted by atomic mass is 10.0. The summed E-state index contributed by atoms with van der Waals surface area (Å²) in [6.45, 7) is 5.04. The van der Waals surface area contributed by atoms with E-state index < -0.39 is 0 Å². The zero-order valence-electron chi connectivity index (χ0n) is 16.4. The van der Waals surface area contributed by atoms with Crippen LogP contribution in [0.4, 0.5) is 0 Å². The van der Waals surface area contributed by atoms with E-state index in [9.17, 15) is 9.59 Å². The number of carbonyl (C=O) groups is 2. The second-order valence-corrected chi connectivity index (χ2v) is 6.80. The Hall–Kier alpha value is -2.75. The van der Waals surface area contributed by atoms with Crippen LogP contribution in [0.5, 0.6) is 0 Å². The maximum atomic E-state index is 12.7. The Kier molecular flexibility index (Phi) is 6.40. The number of amides is 2. The molecule has 0 spiro atoms. The van der Waals surface area contributed by atoms with Gasteiger partial charge in [-0.1, -0.05) is 5.16 Å². The molecule has 1 atom stereocenters. The van der Waals surface area contributed by atoms with Crippen molar-refractivity contribution in [2.75, 3.05) is 26.7 Å². The molecule has 10 nitrogen and oxygen atoms in total. The molecule has 0 bridgehead atoms. The summed E-state index contributed by atoms with van der Waals surface area (Å²) in [5.41, 5.74) is 0.296. The van der Waals surface area contributed by atoms with Crippen LogP contribution in [0.1, 0.15) is 47.9 Å². The largest absolute Gasteiger partial charge is 0.448 e. The van der Waals surface area contributed by atoms with Crippen LogP contribution >= 0.6 is 0 Å². The number of likely N-dealkylation sites (tertiary alicyclic amines) is 1. The van der Waals surface area contributed by atoms with Gasteiger partial charge in [0.1, 0.15) is 12.9 Å². The average Bonchev–Trinajstić information content (AvgIpc) is 3.31. The van der Waals surface area contributed by atoms with Crippen molar-refractivity contribution in [3.8, 4) is 0 Å². The first kappa shape index (κ1) is 20.0. The Morgan fingerprint density at radius 3 is 2.89 bits per heavy atom. The lowest BCUT2D eigenvalue weighted by Gasteiger charge is -2.38. The fourth-order valence-corrected chi connectivity index (χ4v) is 3.41. The minimum Gasteiger partial charge on any atom is -0.448 e. The van der Waals surface area contributed by atoms with Gasteiger partial charge in [0.25, 0.3) is 11.8 Å². The van der Waals surface area contributed by atoms with E-state index in [-0.39, 0.29) is 24.5 Å². The van der Waals surface area contributed by atoms with Crippen molar-refractivity contribution in [3.63, 3.8) is 0 Å². The van der Waals surface area contributed by atoms with Gasteiger partial charge < -0.3 is 23.5 Å². The predicted octanol–water partition coefficient (Wildman–Crippen LogP) is 1.21. The van der Waals surface area contributed by atoms with E-state index >= 15 is 0 Å². The highest BCUT2D eigenvalue weighted by Gasteiger charge is 2.30. The van der Waals surface area contributed by atoms with E-state index in [1.54, 1.807) is 23.8 Å². The van der Waals surface area contributed by atoms with Gasteiger partial charge in [-0.3, -0.25) is 9.59 Å². The smallest absolute Gasteiger partial charge is 0.275 e. The number of carbonyl (C=O) groups excluding carboxylic acids is 2. The normalized spacial score (nSPS) is 17.0. The number of nitrogens with zero attached hydrogens (tertiary/aromatic N) is 5. The predicted molar refractivity (Wildman–Crippen MR) is 96.3 cm³/mol. The highest BCUT2D eigenvalue weighted by atomic mass is 16.5. The Bertz CT molecular complexity index is 817. The summed E-state index contributed by atoms with van der Waals surface area (Å²) in [7, 11) is 1.55. The fraction of sp³-hybridized carbons (Fsp3) is 0.611. The summed E-state index contributed by atoms with van der Waals surface area (Å²) in [4.78, 5) is 36.7. The van der Waals surface area contributed by atoms with E-state index in [0.717, 1.165) is 12.8 Å². The molecule has 152 valence electrons. The second-order valence-electron chi connectivity index (χ2n) is 6.80. The summed E-state index contributed by atoms with van der Waals surface area (Å²) in [5, 5.41) is 3.91. The monoisotopic (exact) mass is 391 g/mol. The lowest BCUT2D eigenvalue weighted by molar-refractivity contribution is -0.132. The third-order valence-electron chi connectivity index (χ3n) is 4.72. The molecule has 0 N–H and O–H groups in total. The number of ether oxygens (including phenoxy) is 1. The number of aromatic nitrogens is 3. The number of rotatable bonds is 7. The zero-order chi connectivity index (χ0) is 20.1. The Morgan fingerprint density at radius 2 is 2.21 bits per heavy atom. The molecule has 10 heteroatoms. The number of methoxy groups -OCH3 is 1. The Labute approximate surface area is 162 Å². The van der Waals surface area contributed by atoms with Crippen LogP contribution in [0.3, 0.4) is 0 Å². The summed E-state index contributed by atoms with van der Waals surface area (Å²) >= 11 is 0. The first-order valence-electron chi connectivity index (χ1n) is 9.27. The molecule has 0 aliphatic carbocycles. The average molecular weight is 391 g/mol. The van der Waals surface area contributed by atoms with Gasteiger partial charge in [0, 0.05) is 53.1 Å². The molecule has 3 heterocycles. The van der Waals surface area contributed by atoms with Crippen molar-refractivity contribution in [1.29, 1.82) is 0 Å². The van der Waals surface area contributed by atoms with Crippen LogP contribution in [0.15, 0.2) is 15.2 Å². The molecule has 1 saturated heterocycles. The van der Waals surface area contributed by atoms with Crippen molar-refractivity contribution in [3.05, 3.63) is 29.6 Å². The summed E-state index contributed by atoms with van der Waals surface area (Å²) in [6.07, 6.45) is 3.50. The van der Waals surface area contributed by atoms with Gasteiger partial charge in [-0.15, -0.1) is 0 Å². The van der Waals surface area contributed by atoms with E-state index in [1.807, 2.05) is 0 Å². The SMILES string of the molecule is COCc1nc(CCN(C(C)=O)C2CCCN(C(=O)c3coc(C)n3)C2)no1. The number of aryl methyl sites for hydroxylation is 1. The Balaban J connectivity index is 1.62. The summed E-state index contributed by atoms with van der Waals surface area (Å²) in [5.74, 6) is 1.17. The minimum absolute atomic E-state index is 0.0443. The molecule has 3 rings (SSSR count). The van der Waals surface area contributed by atoms with Gasteiger partial charge >= 0.3 is 0 Å². The second kappa shape index (κ2) is 8.96. The van der Waals surface area contributed by atoms with Crippen LogP contribution in [0.2, 0.25) is 0 Å². The third-order valence-corrected chi connectivity index (χ3v) is 4.72. The number of hydrogen-bond acceptors (Lipinski definition) is 8. The number of oxazole rings is 1. The molecule has 1 fully saturated rings. The third kappa shape index (κ3) is 4.75. The van der Waals surface area contributed by atoms with Crippen molar-refractivity contribution >= 4 is 11.8 Å². The lowest BCUT2D eigenvalue weighted by Crippen LogP contribution is -2.51. The van der Waals surface area contributed by atoms with Crippen molar-refractivity contribution in [1.82, 2.24) is 24.9 Å². The molecule has 0 saturated carbocycles. The molecule has 1 unspecified atom stereocenters. The molecular weight excluding hydrogens is 366 g/mol. The molecule has 0 radical (unpaired) electrons. The maximum Gasteiger partial charge on any atom is 0.275 e. The molecular formula is C18H25N5O5. The van der Waals surface area contributed by atoms with Crippen molar-refractivity contribution in [2.24, 2.45) is 0 Å². The quantitative estimate of drug-likeness (QED) is 0.692. The zero-order valence-corrected chi connectivity index (χ0v) is 16.4. The topological polar surface area (TPSA) is 115 Å². The summed E-state index contributed by atoms with van der Waals surface area (Å²) < 4.78 is 15.2. The van der Waals surface area contributed by atoms with Gasteiger partial charge in [-0.25, -0.2) is 4.98 Å². The standard InChI is InChI=1S/C18H25N5O5/c1-12-19-15(10-27-12)18(25)22-7-4-5-14(9-22)23(13(2)24)8-6-16-20-17(11-26-3)28-21-16/h10,14H,4-9,11H2,1-3H3. The molecule has 28 heavy (non-hydrogen) atoms. The van der Waals surface area contributed by atoms with E-state index in [2.05, 4.69) is 15.1 Å². The highest BCUT2D eigenvalue weighted by Crippen LogP contribution is 2.19. The van der Waals surface area contributed by atoms with Crippen LogP contribution in [-0.2, 0) is 22.6 Å². The van der Waals surface area contributed by atoms with E-state index in [1.165, 1.54) is 13.2 Å². The van der Waals surface area contributed by atoms with Crippen LogP contribution in [0, 0.1) is 6.92 Å². The van der Waals surface area contributed by atoms with E-state index in [4.69, 9.17) is 13.7 Å². The molecule has 0 aromatic carbocycles. The van der Waals surface area contributed by atoms with Crippen molar-refractivity contribution < 1.29 is 23.3 Å². The van der Waals surface area contributed by atoms with E-state index in [0.29, 0.717) is 49.4 Å². The highest BCUT2D eigenvalue weighted by molar-refractivity contribution is 5.92. The molecule has 2 aromatic rings. The number of piperidine rings is 1. The molecule has 1 aliphatic rings. The van der Waals surface area contributed by atoms with Gasteiger partial charge in [-0.05, 0) is 12.8 Å². The molecule has 2 aromatic heterocycles. The van der Waals surface area contributed by atoms with Crippen molar-refractivity contribution in [2.45, 2.75) is 45.8 Å². The first-order valence-corrected chi connectivity index (χ1v) is 9.27. The molecule has 2 amide bonds. The minimum atomic E-state index is -0.174. The number of hydrogen-bond donors (Lipinski definition) is 0. The van der Waals surface area contributed by atoms with Gasteiger partial charge in [-0.2, -0.15) is 4.98 Å². The van der Waals surface area contributed by atoms with Gasteiger partial charge in [0.2, 0.25) is 5.91 Å². The fourth-order valence-electron chi connectivity index (χ4n) is 3.41.